The number of halogens is 6. The number of benzene rings is 1. The molecule has 2 aromatic rings. The molecule has 8 heteroatoms. The van der Waals surface area contributed by atoms with Crippen LogP contribution in [0.4, 0.5) is 24.7 Å². The van der Waals surface area contributed by atoms with Gasteiger partial charge in [-0.15, -0.1) is 0 Å². The summed E-state index contributed by atoms with van der Waals surface area (Å²) in [5.41, 5.74) is -0.644. The zero-order valence-electron chi connectivity index (χ0n) is 9.60. The standard InChI is InChI=1S/C12H6Br2ClF3N2/c13-7-4-8(14)11(19-5-7)20-10-3-6(12(16,17)18)1-2-9(10)15/h1-5H,(H,19,20). The Morgan fingerprint density at radius 1 is 1.15 bits per heavy atom. The molecule has 0 radical (unpaired) electrons. The molecular weight excluding hydrogens is 424 g/mol. The maximum atomic E-state index is 12.7. The Balaban J connectivity index is 2.38. The van der Waals surface area contributed by atoms with Crippen molar-refractivity contribution >= 4 is 55.0 Å². The Hall–Kier alpha value is -0.790. The number of anilines is 2. The van der Waals surface area contributed by atoms with E-state index in [9.17, 15) is 13.2 Å². The van der Waals surface area contributed by atoms with Gasteiger partial charge in [0.2, 0.25) is 0 Å². The van der Waals surface area contributed by atoms with Gasteiger partial charge in [0, 0.05) is 10.7 Å². The Morgan fingerprint density at radius 2 is 1.85 bits per heavy atom. The average Bonchev–Trinajstić information content (AvgIpc) is 2.33. The molecule has 0 aliphatic heterocycles. The Bertz CT molecular complexity index is 647. The number of aromatic nitrogens is 1. The van der Waals surface area contributed by atoms with Gasteiger partial charge in [-0.25, -0.2) is 4.98 Å². The molecule has 0 amide bonds. The third-order valence-electron chi connectivity index (χ3n) is 2.35. The van der Waals surface area contributed by atoms with Crippen LogP contribution in [0.1, 0.15) is 5.56 Å². The number of nitrogens with zero attached hydrogens (tertiary/aromatic N) is 1. The average molecular weight is 430 g/mol. The lowest BCUT2D eigenvalue weighted by atomic mass is 10.2. The highest BCUT2D eigenvalue weighted by atomic mass is 79.9. The van der Waals surface area contributed by atoms with Gasteiger partial charge in [-0.2, -0.15) is 13.2 Å². The molecule has 1 aromatic heterocycles. The fraction of sp³-hybridized carbons (Fsp3) is 0.0833. The van der Waals surface area contributed by atoms with E-state index < -0.39 is 11.7 Å². The second-order valence-corrected chi connectivity index (χ2v) is 5.98. The molecule has 0 atom stereocenters. The van der Waals surface area contributed by atoms with Gasteiger partial charge in [-0.05, 0) is 56.1 Å². The second kappa shape index (κ2) is 5.91. The Labute approximate surface area is 134 Å². The van der Waals surface area contributed by atoms with Crippen molar-refractivity contribution in [2.24, 2.45) is 0 Å². The smallest absolute Gasteiger partial charge is 0.338 e. The van der Waals surface area contributed by atoms with E-state index in [0.29, 0.717) is 10.3 Å². The molecular formula is C12H6Br2ClF3N2. The Morgan fingerprint density at radius 3 is 2.45 bits per heavy atom. The predicted molar refractivity (Wildman–Crippen MR) is 79.4 cm³/mol. The molecule has 0 unspecified atom stereocenters. The summed E-state index contributed by atoms with van der Waals surface area (Å²) >= 11 is 12.4. The van der Waals surface area contributed by atoms with Crippen LogP contribution in [0, 0.1) is 0 Å². The molecule has 0 aliphatic carbocycles. The first-order chi connectivity index (χ1) is 9.27. The summed E-state index contributed by atoms with van der Waals surface area (Å²) in [5.74, 6) is 0.370. The summed E-state index contributed by atoms with van der Waals surface area (Å²) < 4.78 is 39.3. The molecule has 0 spiro atoms. The predicted octanol–water partition coefficient (Wildman–Crippen LogP) is 6.02. The molecule has 2 nitrogen and oxygen atoms in total. The number of alkyl halides is 3. The number of pyridine rings is 1. The monoisotopic (exact) mass is 428 g/mol. The fourth-order valence-corrected chi connectivity index (χ4v) is 2.68. The topological polar surface area (TPSA) is 24.9 Å². The number of hydrogen-bond donors (Lipinski definition) is 1. The minimum Gasteiger partial charge on any atom is -0.338 e. The first kappa shape index (κ1) is 15.6. The molecule has 0 aliphatic rings. The van der Waals surface area contributed by atoms with Crippen LogP contribution in [0.25, 0.3) is 0 Å². The highest BCUT2D eigenvalue weighted by Crippen LogP contribution is 2.35. The van der Waals surface area contributed by atoms with Crippen LogP contribution in [0.5, 0.6) is 0 Å². The maximum absolute atomic E-state index is 12.7. The van der Waals surface area contributed by atoms with E-state index in [1.165, 1.54) is 12.3 Å². The lowest BCUT2D eigenvalue weighted by Crippen LogP contribution is -2.06. The van der Waals surface area contributed by atoms with Crippen LogP contribution in [0.15, 0.2) is 39.4 Å². The van der Waals surface area contributed by atoms with Crippen molar-refractivity contribution in [3.8, 4) is 0 Å². The van der Waals surface area contributed by atoms with Gasteiger partial charge in [0.25, 0.3) is 0 Å². The maximum Gasteiger partial charge on any atom is 0.416 e. The van der Waals surface area contributed by atoms with Gasteiger partial charge < -0.3 is 5.32 Å². The van der Waals surface area contributed by atoms with E-state index in [2.05, 4.69) is 42.2 Å². The van der Waals surface area contributed by atoms with Crippen LogP contribution in [-0.2, 0) is 6.18 Å². The molecule has 106 valence electrons. The number of nitrogens with one attached hydrogen (secondary N) is 1. The zero-order chi connectivity index (χ0) is 14.9. The molecule has 20 heavy (non-hydrogen) atoms. The molecule has 0 saturated carbocycles. The molecule has 2 rings (SSSR count). The van der Waals surface area contributed by atoms with Crippen molar-refractivity contribution in [1.29, 1.82) is 0 Å². The van der Waals surface area contributed by atoms with Crippen LogP contribution in [-0.4, -0.2) is 4.98 Å². The lowest BCUT2D eigenvalue weighted by molar-refractivity contribution is -0.137. The minimum atomic E-state index is -4.43. The molecule has 0 bridgehead atoms. The third-order valence-corrected chi connectivity index (χ3v) is 3.72. The van der Waals surface area contributed by atoms with E-state index in [-0.39, 0.29) is 10.7 Å². The van der Waals surface area contributed by atoms with Crippen molar-refractivity contribution in [3.05, 3.63) is 50.0 Å². The van der Waals surface area contributed by atoms with Crippen molar-refractivity contribution in [1.82, 2.24) is 4.98 Å². The molecule has 1 N–H and O–H groups in total. The van der Waals surface area contributed by atoms with E-state index in [1.807, 2.05) is 0 Å². The lowest BCUT2D eigenvalue weighted by Gasteiger charge is -2.12. The highest BCUT2D eigenvalue weighted by molar-refractivity contribution is 9.11. The van der Waals surface area contributed by atoms with Gasteiger partial charge >= 0.3 is 6.18 Å². The normalized spacial score (nSPS) is 11.5. The summed E-state index contributed by atoms with van der Waals surface area (Å²) in [7, 11) is 0. The second-order valence-electron chi connectivity index (χ2n) is 3.80. The number of rotatable bonds is 2. The van der Waals surface area contributed by atoms with E-state index in [0.717, 1.165) is 16.6 Å². The van der Waals surface area contributed by atoms with E-state index in [4.69, 9.17) is 11.6 Å². The van der Waals surface area contributed by atoms with E-state index in [1.54, 1.807) is 6.07 Å². The quantitative estimate of drug-likeness (QED) is 0.630. The SMILES string of the molecule is FC(F)(F)c1ccc(Cl)c(Nc2ncc(Br)cc2Br)c1. The van der Waals surface area contributed by atoms with Gasteiger partial charge in [0.1, 0.15) is 5.82 Å². The first-order valence-electron chi connectivity index (χ1n) is 5.22. The van der Waals surface area contributed by atoms with Gasteiger partial charge in [0.05, 0.1) is 20.7 Å². The highest BCUT2D eigenvalue weighted by Gasteiger charge is 2.31. The van der Waals surface area contributed by atoms with Crippen LogP contribution in [0.3, 0.4) is 0 Å². The summed E-state index contributed by atoms with van der Waals surface area (Å²) in [5, 5.41) is 2.94. The van der Waals surface area contributed by atoms with Gasteiger partial charge in [0.15, 0.2) is 0 Å². The largest absolute Gasteiger partial charge is 0.416 e. The summed E-state index contributed by atoms with van der Waals surface area (Å²) in [6, 6.07) is 4.78. The summed E-state index contributed by atoms with van der Waals surface area (Å²) in [6.07, 6.45) is -2.90. The van der Waals surface area contributed by atoms with Crippen LogP contribution in [0.2, 0.25) is 5.02 Å². The zero-order valence-corrected chi connectivity index (χ0v) is 13.5. The molecule has 0 saturated heterocycles. The fourth-order valence-electron chi connectivity index (χ4n) is 1.43. The Kier molecular flexibility index (Phi) is 4.61. The van der Waals surface area contributed by atoms with E-state index >= 15 is 0 Å². The van der Waals surface area contributed by atoms with Crippen molar-refractivity contribution in [2.75, 3.05) is 5.32 Å². The summed E-state index contributed by atoms with van der Waals surface area (Å²) in [6.45, 7) is 0. The molecule has 1 heterocycles. The minimum absolute atomic E-state index is 0.136. The first-order valence-corrected chi connectivity index (χ1v) is 7.18. The van der Waals surface area contributed by atoms with Crippen molar-refractivity contribution < 1.29 is 13.2 Å². The molecule has 0 fully saturated rings. The van der Waals surface area contributed by atoms with Gasteiger partial charge in [-0.1, -0.05) is 11.6 Å². The van der Waals surface area contributed by atoms with Crippen LogP contribution >= 0.6 is 43.5 Å². The number of hydrogen-bond acceptors (Lipinski definition) is 2. The van der Waals surface area contributed by atoms with Crippen molar-refractivity contribution in [3.63, 3.8) is 0 Å². The van der Waals surface area contributed by atoms with Gasteiger partial charge in [-0.3, -0.25) is 0 Å². The van der Waals surface area contributed by atoms with Crippen LogP contribution < -0.4 is 5.32 Å². The molecule has 1 aromatic carbocycles. The summed E-state index contributed by atoms with van der Waals surface area (Å²) in [4.78, 5) is 4.06. The van der Waals surface area contributed by atoms with Crippen molar-refractivity contribution in [2.45, 2.75) is 6.18 Å². The third kappa shape index (κ3) is 3.65.